The van der Waals surface area contributed by atoms with Crippen LogP contribution in [0, 0.1) is 0 Å². The molecule has 1 amide bonds. The van der Waals surface area contributed by atoms with Crippen LogP contribution < -0.4 is 5.32 Å². The third-order valence-corrected chi connectivity index (χ3v) is 3.38. The summed E-state index contributed by atoms with van der Waals surface area (Å²) in [4.78, 5) is 18.1. The first kappa shape index (κ1) is 15.2. The summed E-state index contributed by atoms with van der Waals surface area (Å²) in [6.45, 7) is 2.94. The van der Waals surface area contributed by atoms with E-state index in [0.29, 0.717) is 13.1 Å². The lowest BCUT2D eigenvalue weighted by Gasteiger charge is -2.19. The van der Waals surface area contributed by atoms with Crippen molar-refractivity contribution in [1.82, 2.24) is 15.2 Å². The van der Waals surface area contributed by atoms with E-state index in [1.165, 1.54) is 0 Å². The average molecular weight is 283 g/mol. The first-order chi connectivity index (χ1) is 10.2. The highest BCUT2D eigenvalue weighted by atomic mass is 16.2. The molecule has 0 aliphatic heterocycles. The van der Waals surface area contributed by atoms with Gasteiger partial charge in [0.15, 0.2) is 0 Å². The molecule has 1 unspecified atom stereocenters. The molecule has 4 heteroatoms. The molecule has 0 bridgehead atoms. The van der Waals surface area contributed by atoms with Crippen LogP contribution in [0.3, 0.4) is 0 Å². The summed E-state index contributed by atoms with van der Waals surface area (Å²) in [5.41, 5.74) is 2.07. The molecule has 1 aromatic heterocycles. The van der Waals surface area contributed by atoms with Gasteiger partial charge in [0, 0.05) is 25.8 Å². The minimum absolute atomic E-state index is 0.0558. The lowest BCUT2D eigenvalue weighted by atomic mass is 10.2. The van der Waals surface area contributed by atoms with Gasteiger partial charge in [0.1, 0.15) is 0 Å². The zero-order valence-electron chi connectivity index (χ0n) is 12.5. The Hall–Kier alpha value is -2.20. The number of likely N-dealkylation sites (N-methyl/N-ethyl adjacent to an activating group) is 1. The van der Waals surface area contributed by atoms with E-state index in [2.05, 4.69) is 10.3 Å². The fraction of sp³-hybridized carbons (Fsp3) is 0.294. The molecule has 0 spiro atoms. The number of amides is 1. The Kier molecular flexibility index (Phi) is 5.46. The van der Waals surface area contributed by atoms with Gasteiger partial charge in [-0.25, -0.2) is 0 Å². The van der Waals surface area contributed by atoms with Crippen LogP contribution in [0.25, 0.3) is 0 Å². The van der Waals surface area contributed by atoms with Crippen LogP contribution in [0.1, 0.15) is 24.2 Å². The zero-order chi connectivity index (χ0) is 15.1. The van der Waals surface area contributed by atoms with Gasteiger partial charge in [-0.1, -0.05) is 36.4 Å². The molecule has 1 aromatic carbocycles. The van der Waals surface area contributed by atoms with E-state index in [9.17, 15) is 4.79 Å². The average Bonchev–Trinajstić information content (AvgIpc) is 2.54. The third kappa shape index (κ3) is 4.68. The van der Waals surface area contributed by atoms with Gasteiger partial charge in [0.2, 0.25) is 5.91 Å². The molecule has 2 rings (SSSR count). The van der Waals surface area contributed by atoms with E-state index in [1.807, 2.05) is 62.5 Å². The maximum absolute atomic E-state index is 12.1. The number of hydrogen-bond donors (Lipinski definition) is 1. The van der Waals surface area contributed by atoms with Gasteiger partial charge in [-0.05, 0) is 24.6 Å². The highest BCUT2D eigenvalue weighted by Crippen LogP contribution is 2.08. The number of pyridine rings is 1. The molecule has 0 aliphatic rings. The second kappa shape index (κ2) is 7.55. The summed E-state index contributed by atoms with van der Waals surface area (Å²) in [6, 6.07) is 15.8. The Morgan fingerprint density at radius 3 is 2.57 bits per heavy atom. The Morgan fingerprint density at radius 2 is 1.90 bits per heavy atom. The molecule has 1 atom stereocenters. The smallest absolute Gasteiger partial charge is 0.236 e. The van der Waals surface area contributed by atoms with Crippen molar-refractivity contribution in [1.29, 1.82) is 0 Å². The van der Waals surface area contributed by atoms with Crippen molar-refractivity contribution < 1.29 is 4.79 Å². The fourth-order valence-electron chi connectivity index (χ4n) is 2.06. The quantitative estimate of drug-likeness (QED) is 0.885. The summed E-state index contributed by atoms with van der Waals surface area (Å²) in [5, 5.41) is 3.21. The lowest BCUT2D eigenvalue weighted by molar-refractivity contribution is -0.129. The zero-order valence-corrected chi connectivity index (χ0v) is 12.5. The molecular formula is C17H21N3O. The van der Waals surface area contributed by atoms with Crippen LogP contribution in [0.2, 0.25) is 0 Å². The van der Waals surface area contributed by atoms with Crippen LogP contribution in [0.5, 0.6) is 0 Å². The summed E-state index contributed by atoms with van der Waals surface area (Å²) in [5.74, 6) is 0.0710. The second-order valence-electron chi connectivity index (χ2n) is 5.09. The van der Waals surface area contributed by atoms with Gasteiger partial charge in [0.05, 0.1) is 12.2 Å². The fourth-order valence-corrected chi connectivity index (χ4v) is 2.06. The maximum Gasteiger partial charge on any atom is 0.236 e. The van der Waals surface area contributed by atoms with Crippen LogP contribution in [-0.4, -0.2) is 29.4 Å². The van der Waals surface area contributed by atoms with Crippen molar-refractivity contribution in [3.05, 3.63) is 66.0 Å². The molecule has 0 aliphatic carbocycles. The van der Waals surface area contributed by atoms with E-state index in [0.717, 1.165) is 11.3 Å². The highest BCUT2D eigenvalue weighted by Gasteiger charge is 2.12. The Labute approximate surface area is 125 Å². The van der Waals surface area contributed by atoms with E-state index >= 15 is 0 Å². The molecule has 0 fully saturated rings. The largest absolute Gasteiger partial charge is 0.340 e. The van der Waals surface area contributed by atoms with Crippen LogP contribution >= 0.6 is 0 Å². The minimum atomic E-state index is 0.0558. The molecule has 2 aromatic rings. The normalized spacial score (nSPS) is 11.9. The molecular weight excluding hydrogens is 262 g/mol. The van der Waals surface area contributed by atoms with E-state index in [-0.39, 0.29) is 11.9 Å². The first-order valence-electron chi connectivity index (χ1n) is 7.09. The van der Waals surface area contributed by atoms with Gasteiger partial charge >= 0.3 is 0 Å². The SMILES string of the molecule is CC(NCC(=O)N(C)Cc1ccccc1)c1ccccn1. The highest BCUT2D eigenvalue weighted by molar-refractivity contribution is 5.78. The molecule has 1 N–H and O–H groups in total. The number of hydrogen-bond acceptors (Lipinski definition) is 3. The van der Waals surface area contributed by atoms with Gasteiger partial charge in [0.25, 0.3) is 0 Å². The monoisotopic (exact) mass is 283 g/mol. The number of aromatic nitrogens is 1. The van der Waals surface area contributed by atoms with Gasteiger partial charge in [-0.2, -0.15) is 0 Å². The van der Waals surface area contributed by atoms with E-state index in [1.54, 1.807) is 11.1 Å². The Balaban J connectivity index is 1.81. The predicted octanol–water partition coefficient (Wildman–Crippen LogP) is 2.39. The number of nitrogens with zero attached hydrogens (tertiary/aromatic N) is 2. The summed E-state index contributed by atoms with van der Waals surface area (Å²) in [6.07, 6.45) is 1.76. The number of carbonyl (C=O) groups excluding carboxylic acids is 1. The second-order valence-corrected chi connectivity index (χ2v) is 5.09. The van der Waals surface area contributed by atoms with Gasteiger partial charge in [-0.15, -0.1) is 0 Å². The van der Waals surface area contributed by atoms with Crippen molar-refractivity contribution in [3.8, 4) is 0 Å². The van der Waals surface area contributed by atoms with Gasteiger partial charge < -0.3 is 10.2 Å². The van der Waals surface area contributed by atoms with E-state index < -0.39 is 0 Å². The van der Waals surface area contributed by atoms with Crippen LogP contribution in [0.4, 0.5) is 0 Å². The molecule has 0 saturated heterocycles. The molecule has 110 valence electrons. The molecule has 1 heterocycles. The minimum Gasteiger partial charge on any atom is -0.340 e. The van der Waals surface area contributed by atoms with E-state index in [4.69, 9.17) is 0 Å². The standard InChI is InChI=1S/C17H21N3O/c1-14(16-10-6-7-11-18-16)19-12-17(21)20(2)13-15-8-4-3-5-9-15/h3-11,14,19H,12-13H2,1-2H3. The van der Waals surface area contributed by atoms with Crippen molar-refractivity contribution in [2.75, 3.05) is 13.6 Å². The van der Waals surface area contributed by atoms with Crippen molar-refractivity contribution in [3.63, 3.8) is 0 Å². The third-order valence-electron chi connectivity index (χ3n) is 3.38. The topological polar surface area (TPSA) is 45.2 Å². The Bertz CT molecular complexity index is 557. The molecule has 0 saturated carbocycles. The number of nitrogens with one attached hydrogen (secondary N) is 1. The number of rotatable bonds is 6. The first-order valence-corrected chi connectivity index (χ1v) is 7.09. The molecule has 4 nitrogen and oxygen atoms in total. The maximum atomic E-state index is 12.1. The lowest BCUT2D eigenvalue weighted by Crippen LogP contribution is -2.36. The van der Waals surface area contributed by atoms with Gasteiger partial charge in [-0.3, -0.25) is 9.78 Å². The molecule has 21 heavy (non-hydrogen) atoms. The predicted molar refractivity (Wildman–Crippen MR) is 83.6 cm³/mol. The van der Waals surface area contributed by atoms with Crippen molar-refractivity contribution in [2.45, 2.75) is 19.5 Å². The van der Waals surface area contributed by atoms with Crippen LogP contribution in [0.15, 0.2) is 54.7 Å². The van der Waals surface area contributed by atoms with Crippen molar-refractivity contribution in [2.24, 2.45) is 0 Å². The Morgan fingerprint density at radius 1 is 1.19 bits per heavy atom. The van der Waals surface area contributed by atoms with Crippen LogP contribution in [-0.2, 0) is 11.3 Å². The number of benzene rings is 1. The summed E-state index contributed by atoms with van der Waals surface area (Å²) in [7, 11) is 1.82. The summed E-state index contributed by atoms with van der Waals surface area (Å²) >= 11 is 0. The van der Waals surface area contributed by atoms with Crippen molar-refractivity contribution >= 4 is 5.91 Å². The molecule has 0 radical (unpaired) electrons. The summed E-state index contributed by atoms with van der Waals surface area (Å²) < 4.78 is 0. The number of carbonyl (C=O) groups is 1.